The molecule has 0 spiro atoms. The maximum Gasteiger partial charge on any atom is 0.264 e. The highest BCUT2D eigenvalue weighted by Crippen LogP contribution is 2.33. The van der Waals surface area contributed by atoms with Crippen LogP contribution in [0.5, 0.6) is 5.75 Å². The van der Waals surface area contributed by atoms with Crippen molar-refractivity contribution < 1.29 is 14.6 Å². The van der Waals surface area contributed by atoms with Crippen LogP contribution < -0.4 is 9.64 Å². The first-order valence-corrected chi connectivity index (χ1v) is 7.09. The molecule has 5 nitrogen and oxygen atoms in total. The average Bonchev–Trinajstić information content (AvgIpc) is 2.95. The van der Waals surface area contributed by atoms with Crippen LogP contribution in [-0.2, 0) is 4.79 Å². The minimum atomic E-state index is -0.524. The number of β-amino-alcohol motifs (C(OH)–C–C–N with tert-alkyl or cyclic N) is 1. The number of carbonyl (C=O) groups excluding carboxylic acids is 1. The maximum absolute atomic E-state index is 11.6. The summed E-state index contributed by atoms with van der Waals surface area (Å²) in [4.78, 5) is 15.5. The molecule has 1 N–H and O–H groups in total. The predicted octanol–water partition coefficient (Wildman–Crippen LogP) is 1.17. The average molecular weight is 276 g/mol. The molecular formula is C15H20N2O3. The van der Waals surface area contributed by atoms with Gasteiger partial charge in [0.2, 0.25) is 0 Å². The number of aliphatic hydroxyl groups excluding tert-OH is 1. The number of rotatable bonds is 3. The molecule has 0 saturated carbocycles. The van der Waals surface area contributed by atoms with Gasteiger partial charge < -0.3 is 19.6 Å². The van der Waals surface area contributed by atoms with E-state index in [4.69, 9.17) is 4.74 Å². The first-order valence-electron chi connectivity index (χ1n) is 7.09. The zero-order valence-electron chi connectivity index (χ0n) is 11.7. The molecule has 20 heavy (non-hydrogen) atoms. The quantitative estimate of drug-likeness (QED) is 0.900. The Bertz CT molecular complexity index is 512. The maximum atomic E-state index is 11.6. The van der Waals surface area contributed by atoms with Crippen molar-refractivity contribution in [2.45, 2.75) is 18.9 Å². The lowest BCUT2D eigenvalue weighted by Gasteiger charge is -2.27. The summed E-state index contributed by atoms with van der Waals surface area (Å²) in [6.07, 6.45) is 1.90. The Hall–Kier alpha value is -1.59. The van der Waals surface area contributed by atoms with Gasteiger partial charge >= 0.3 is 0 Å². The molecule has 5 heteroatoms. The van der Waals surface area contributed by atoms with Crippen LogP contribution >= 0.6 is 0 Å². The van der Waals surface area contributed by atoms with Crippen LogP contribution in [0, 0.1) is 0 Å². The largest absolute Gasteiger partial charge is 0.482 e. The zero-order valence-corrected chi connectivity index (χ0v) is 11.7. The number of anilines is 1. The second-order valence-electron chi connectivity index (χ2n) is 5.49. The molecule has 1 amide bonds. The Morgan fingerprint density at radius 1 is 1.35 bits per heavy atom. The monoisotopic (exact) mass is 276 g/mol. The summed E-state index contributed by atoms with van der Waals surface area (Å²) >= 11 is 0. The van der Waals surface area contributed by atoms with Gasteiger partial charge in [-0.25, -0.2) is 0 Å². The summed E-state index contributed by atoms with van der Waals surface area (Å²) in [5, 5.41) is 10.3. The van der Waals surface area contributed by atoms with Gasteiger partial charge in [-0.3, -0.25) is 4.79 Å². The number of hydrogen-bond acceptors (Lipinski definition) is 4. The molecule has 1 atom stereocenters. The second kappa shape index (κ2) is 5.42. The van der Waals surface area contributed by atoms with E-state index in [1.165, 1.54) is 12.8 Å². The summed E-state index contributed by atoms with van der Waals surface area (Å²) in [6.45, 7) is 2.85. The van der Waals surface area contributed by atoms with Crippen molar-refractivity contribution in [1.82, 2.24) is 4.90 Å². The zero-order chi connectivity index (χ0) is 14.1. The molecule has 108 valence electrons. The van der Waals surface area contributed by atoms with Crippen molar-refractivity contribution in [3.63, 3.8) is 0 Å². The second-order valence-corrected chi connectivity index (χ2v) is 5.49. The highest BCUT2D eigenvalue weighted by molar-refractivity contribution is 5.97. The molecule has 0 aromatic heterocycles. The van der Waals surface area contributed by atoms with Crippen molar-refractivity contribution in [1.29, 1.82) is 0 Å². The van der Waals surface area contributed by atoms with E-state index in [1.54, 1.807) is 11.9 Å². The molecule has 3 rings (SSSR count). The van der Waals surface area contributed by atoms with E-state index in [1.807, 2.05) is 18.2 Å². The Labute approximate surface area is 118 Å². The lowest BCUT2D eigenvalue weighted by atomic mass is 10.1. The van der Waals surface area contributed by atoms with Crippen LogP contribution in [0.4, 0.5) is 5.69 Å². The fourth-order valence-corrected chi connectivity index (χ4v) is 2.81. The van der Waals surface area contributed by atoms with E-state index in [0.29, 0.717) is 12.3 Å². The minimum Gasteiger partial charge on any atom is -0.482 e. The fourth-order valence-electron chi connectivity index (χ4n) is 2.81. The topological polar surface area (TPSA) is 53.0 Å². The van der Waals surface area contributed by atoms with Crippen molar-refractivity contribution in [2.24, 2.45) is 0 Å². The normalized spacial score (nSPS) is 20.7. The molecule has 2 aliphatic heterocycles. The third-order valence-electron chi connectivity index (χ3n) is 4.08. The van der Waals surface area contributed by atoms with Gasteiger partial charge in [0.15, 0.2) is 6.61 Å². The molecule has 2 aliphatic rings. The van der Waals surface area contributed by atoms with Gasteiger partial charge in [0, 0.05) is 13.6 Å². The Morgan fingerprint density at radius 3 is 2.85 bits per heavy atom. The fraction of sp³-hybridized carbons (Fsp3) is 0.533. The van der Waals surface area contributed by atoms with Crippen LogP contribution in [0.25, 0.3) is 0 Å². The van der Waals surface area contributed by atoms with Crippen LogP contribution in [0.1, 0.15) is 24.5 Å². The van der Waals surface area contributed by atoms with Gasteiger partial charge in [0.25, 0.3) is 5.91 Å². The number of hydrogen-bond donors (Lipinski definition) is 1. The number of ether oxygens (including phenoxy) is 1. The van der Waals surface area contributed by atoms with Crippen molar-refractivity contribution in [2.75, 3.05) is 38.2 Å². The number of likely N-dealkylation sites (tertiary alicyclic amines) is 1. The number of fused-ring (bicyclic) bond motifs is 1. The highest BCUT2D eigenvalue weighted by Gasteiger charge is 2.24. The smallest absolute Gasteiger partial charge is 0.264 e. The SMILES string of the molecule is CN1C(=O)COc2ccc(C(O)CN3CCCC3)cc21. The van der Waals surface area contributed by atoms with E-state index in [9.17, 15) is 9.90 Å². The third kappa shape index (κ3) is 2.51. The molecule has 1 saturated heterocycles. The van der Waals surface area contributed by atoms with Crippen LogP contribution in [0.15, 0.2) is 18.2 Å². The predicted molar refractivity (Wildman–Crippen MR) is 76.0 cm³/mol. The molecule has 2 heterocycles. The summed E-state index contributed by atoms with van der Waals surface area (Å²) < 4.78 is 5.39. The molecule has 1 aromatic rings. The number of aliphatic hydroxyl groups is 1. The lowest BCUT2D eigenvalue weighted by molar-refractivity contribution is -0.120. The lowest BCUT2D eigenvalue weighted by Crippen LogP contribution is -2.35. The van der Waals surface area contributed by atoms with Gasteiger partial charge in [-0.1, -0.05) is 6.07 Å². The van der Waals surface area contributed by atoms with Crippen molar-refractivity contribution in [3.8, 4) is 5.75 Å². The van der Waals surface area contributed by atoms with Gasteiger partial charge in [-0.15, -0.1) is 0 Å². The summed E-state index contributed by atoms with van der Waals surface area (Å²) in [5.74, 6) is 0.632. The number of benzene rings is 1. The number of likely N-dealkylation sites (N-methyl/N-ethyl adjacent to an activating group) is 1. The van der Waals surface area contributed by atoms with E-state index >= 15 is 0 Å². The van der Waals surface area contributed by atoms with Gasteiger partial charge in [-0.2, -0.15) is 0 Å². The van der Waals surface area contributed by atoms with Crippen LogP contribution in [-0.4, -0.2) is 49.2 Å². The van der Waals surface area contributed by atoms with Gasteiger partial charge in [0.1, 0.15) is 5.75 Å². The van der Waals surface area contributed by atoms with E-state index in [-0.39, 0.29) is 12.5 Å². The first-order chi connectivity index (χ1) is 9.65. The van der Waals surface area contributed by atoms with Gasteiger partial charge in [-0.05, 0) is 43.6 Å². The van der Waals surface area contributed by atoms with E-state index < -0.39 is 6.10 Å². The first kappa shape index (κ1) is 13.4. The molecule has 0 aliphatic carbocycles. The number of nitrogens with zero attached hydrogens (tertiary/aromatic N) is 2. The van der Waals surface area contributed by atoms with Crippen molar-refractivity contribution in [3.05, 3.63) is 23.8 Å². The van der Waals surface area contributed by atoms with Crippen LogP contribution in [0.3, 0.4) is 0 Å². The number of carbonyl (C=O) groups is 1. The van der Waals surface area contributed by atoms with Crippen molar-refractivity contribution >= 4 is 11.6 Å². The molecule has 1 fully saturated rings. The Kier molecular flexibility index (Phi) is 3.63. The molecule has 1 aromatic carbocycles. The summed E-state index contributed by atoms with van der Waals surface area (Å²) in [6, 6.07) is 5.57. The highest BCUT2D eigenvalue weighted by atomic mass is 16.5. The van der Waals surface area contributed by atoms with Gasteiger partial charge in [0.05, 0.1) is 11.8 Å². The Morgan fingerprint density at radius 2 is 2.10 bits per heavy atom. The molecular weight excluding hydrogens is 256 g/mol. The van der Waals surface area contributed by atoms with E-state index in [0.717, 1.165) is 24.3 Å². The minimum absolute atomic E-state index is 0.0660. The third-order valence-corrected chi connectivity index (χ3v) is 4.08. The van der Waals surface area contributed by atoms with E-state index in [2.05, 4.69) is 4.90 Å². The molecule has 0 radical (unpaired) electrons. The summed E-state index contributed by atoms with van der Waals surface area (Å²) in [5.41, 5.74) is 1.57. The Balaban J connectivity index is 1.78. The standard InChI is InChI=1S/C15H20N2O3/c1-16-12-8-11(4-5-14(12)20-10-15(16)19)13(18)9-17-6-2-3-7-17/h4-5,8,13,18H,2-3,6-7,9-10H2,1H3. The van der Waals surface area contributed by atoms with Crippen LogP contribution in [0.2, 0.25) is 0 Å². The molecule has 1 unspecified atom stereocenters. The molecule has 0 bridgehead atoms. The number of amides is 1. The summed E-state index contributed by atoms with van der Waals surface area (Å²) in [7, 11) is 1.74.